The fourth-order valence-electron chi connectivity index (χ4n) is 2.32. The molecule has 0 atom stereocenters. The first kappa shape index (κ1) is 12.1. The predicted octanol–water partition coefficient (Wildman–Crippen LogP) is 0.759. The van der Waals surface area contributed by atoms with Gasteiger partial charge in [-0.15, -0.1) is 0 Å². The van der Waals surface area contributed by atoms with Gasteiger partial charge in [-0.1, -0.05) is 0 Å². The molecule has 1 saturated heterocycles. The molecule has 0 radical (unpaired) electrons. The van der Waals surface area contributed by atoms with Crippen LogP contribution in [0, 0.1) is 5.92 Å². The van der Waals surface area contributed by atoms with Gasteiger partial charge in [-0.05, 0) is 32.0 Å². The molecule has 5 heteroatoms. The van der Waals surface area contributed by atoms with Crippen molar-refractivity contribution in [3.8, 4) is 0 Å². The summed E-state index contributed by atoms with van der Waals surface area (Å²) in [5.74, 6) is -0.778. The van der Waals surface area contributed by atoms with Gasteiger partial charge in [-0.3, -0.25) is 9.48 Å². The first-order valence-electron chi connectivity index (χ1n) is 6.09. The molecule has 0 bridgehead atoms. The number of piperidine rings is 1. The molecule has 0 unspecified atom stereocenters. The molecule has 94 valence electrons. The van der Waals surface area contributed by atoms with Gasteiger partial charge in [0.15, 0.2) is 0 Å². The monoisotopic (exact) mass is 237 g/mol. The molecule has 0 saturated carbocycles. The molecule has 1 aromatic heterocycles. The Bertz CT molecular complexity index is 381. The highest BCUT2D eigenvalue weighted by Crippen LogP contribution is 2.17. The number of carboxylic acids is 1. The van der Waals surface area contributed by atoms with E-state index >= 15 is 0 Å². The van der Waals surface area contributed by atoms with E-state index in [0.29, 0.717) is 0 Å². The van der Waals surface area contributed by atoms with E-state index in [-0.39, 0.29) is 5.92 Å². The Kier molecular flexibility index (Phi) is 3.78. The van der Waals surface area contributed by atoms with E-state index < -0.39 is 5.97 Å². The fraction of sp³-hybridized carbons (Fsp3) is 0.667. The van der Waals surface area contributed by atoms with Crippen LogP contribution in [0.15, 0.2) is 12.3 Å². The van der Waals surface area contributed by atoms with E-state index in [1.54, 1.807) is 0 Å². The minimum atomic E-state index is -0.642. The number of carbonyl (C=O) groups is 1. The second kappa shape index (κ2) is 5.31. The highest BCUT2D eigenvalue weighted by molar-refractivity contribution is 5.70. The second-order valence-electron chi connectivity index (χ2n) is 4.65. The van der Waals surface area contributed by atoms with Crippen molar-refractivity contribution in [2.24, 2.45) is 13.0 Å². The molecular weight excluding hydrogens is 218 g/mol. The van der Waals surface area contributed by atoms with Gasteiger partial charge < -0.3 is 10.0 Å². The third kappa shape index (κ3) is 3.06. The van der Waals surface area contributed by atoms with Gasteiger partial charge in [0, 0.05) is 31.9 Å². The summed E-state index contributed by atoms with van der Waals surface area (Å²) >= 11 is 0. The maximum Gasteiger partial charge on any atom is 0.306 e. The molecule has 0 aliphatic carbocycles. The summed E-state index contributed by atoms with van der Waals surface area (Å²) < 4.78 is 1.89. The zero-order valence-electron chi connectivity index (χ0n) is 10.2. The van der Waals surface area contributed by atoms with Crippen LogP contribution in [-0.4, -0.2) is 45.4 Å². The normalized spacial score (nSPS) is 18.4. The van der Waals surface area contributed by atoms with Crippen molar-refractivity contribution < 1.29 is 9.90 Å². The molecule has 1 fully saturated rings. The number of aryl methyl sites for hydroxylation is 1. The molecule has 17 heavy (non-hydrogen) atoms. The highest BCUT2D eigenvalue weighted by atomic mass is 16.4. The summed E-state index contributed by atoms with van der Waals surface area (Å²) in [6, 6.07) is 2.03. The van der Waals surface area contributed by atoms with Crippen molar-refractivity contribution in [3.05, 3.63) is 18.0 Å². The van der Waals surface area contributed by atoms with Crippen molar-refractivity contribution >= 4 is 5.97 Å². The van der Waals surface area contributed by atoms with Gasteiger partial charge in [-0.25, -0.2) is 0 Å². The first-order chi connectivity index (χ1) is 8.16. The minimum absolute atomic E-state index is 0.136. The molecule has 1 aliphatic heterocycles. The Hall–Kier alpha value is -1.36. The number of hydrogen-bond acceptors (Lipinski definition) is 3. The number of hydrogen-bond donors (Lipinski definition) is 1. The Balaban J connectivity index is 1.75. The average molecular weight is 237 g/mol. The molecule has 1 aliphatic rings. The van der Waals surface area contributed by atoms with Crippen LogP contribution in [0.2, 0.25) is 0 Å². The van der Waals surface area contributed by atoms with Crippen LogP contribution in [0.5, 0.6) is 0 Å². The second-order valence-corrected chi connectivity index (χ2v) is 4.65. The van der Waals surface area contributed by atoms with Crippen LogP contribution in [0.1, 0.15) is 18.5 Å². The minimum Gasteiger partial charge on any atom is -0.481 e. The Labute approximate surface area is 101 Å². The van der Waals surface area contributed by atoms with Crippen molar-refractivity contribution in [2.75, 3.05) is 19.6 Å². The molecule has 2 heterocycles. The predicted molar refractivity (Wildman–Crippen MR) is 63.7 cm³/mol. The molecular formula is C12H19N3O2. The highest BCUT2D eigenvalue weighted by Gasteiger charge is 2.24. The standard InChI is InChI=1S/C12H19N3O2/c1-14-11(2-6-13-14)5-9-15-7-3-10(4-8-15)12(16)17/h2,6,10H,3-5,7-9H2,1H3,(H,16,17). The quantitative estimate of drug-likeness (QED) is 0.840. The number of nitrogens with zero attached hydrogens (tertiary/aromatic N) is 3. The third-order valence-corrected chi connectivity index (χ3v) is 3.54. The molecule has 2 rings (SSSR count). The third-order valence-electron chi connectivity index (χ3n) is 3.54. The SMILES string of the molecule is Cn1nccc1CCN1CCC(C(=O)O)CC1. The smallest absolute Gasteiger partial charge is 0.306 e. The van der Waals surface area contributed by atoms with E-state index in [4.69, 9.17) is 5.11 Å². The van der Waals surface area contributed by atoms with Gasteiger partial charge in [0.2, 0.25) is 0 Å². The van der Waals surface area contributed by atoms with Crippen LogP contribution >= 0.6 is 0 Å². The van der Waals surface area contributed by atoms with Gasteiger partial charge in [-0.2, -0.15) is 5.10 Å². The lowest BCUT2D eigenvalue weighted by Gasteiger charge is -2.29. The summed E-state index contributed by atoms with van der Waals surface area (Å²) in [6.07, 6.45) is 4.35. The molecule has 0 aromatic carbocycles. The first-order valence-corrected chi connectivity index (χ1v) is 6.09. The average Bonchev–Trinajstić information content (AvgIpc) is 2.73. The largest absolute Gasteiger partial charge is 0.481 e. The van der Waals surface area contributed by atoms with Gasteiger partial charge >= 0.3 is 5.97 Å². The van der Waals surface area contributed by atoms with E-state index in [1.807, 2.05) is 24.0 Å². The number of carboxylic acid groups (broad SMARTS) is 1. The van der Waals surface area contributed by atoms with Gasteiger partial charge in [0.05, 0.1) is 5.92 Å². The van der Waals surface area contributed by atoms with Crippen molar-refractivity contribution in [1.29, 1.82) is 0 Å². The maximum absolute atomic E-state index is 10.8. The molecule has 0 amide bonds. The van der Waals surface area contributed by atoms with Crippen LogP contribution in [0.25, 0.3) is 0 Å². The lowest BCUT2D eigenvalue weighted by Crippen LogP contribution is -2.37. The molecule has 1 N–H and O–H groups in total. The van der Waals surface area contributed by atoms with E-state index in [9.17, 15) is 4.79 Å². The number of likely N-dealkylation sites (tertiary alicyclic amines) is 1. The lowest BCUT2D eigenvalue weighted by molar-refractivity contribution is -0.143. The fourth-order valence-corrected chi connectivity index (χ4v) is 2.32. The number of aromatic nitrogens is 2. The van der Waals surface area contributed by atoms with Crippen molar-refractivity contribution in [2.45, 2.75) is 19.3 Å². The topological polar surface area (TPSA) is 58.4 Å². The Morgan fingerprint density at radius 2 is 2.24 bits per heavy atom. The summed E-state index contributed by atoms with van der Waals surface area (Å²) in [4.78, 5) is 13.2. The van der Waals surface area contributed by atoms with Crippen LogP contribution in [0.3, 0.4) is 0 Å². The summed E-state index contributed by atoms with van der Waals surface area (Å²) in [7, 11) is 1.95. The Morgan fingerprint density at radius 3 is 2.76 bits per heavy atom. The number of aliphatic carboxylic acids is 1. The van der Waals surface area contributed by atoms with E-state index in [1.165, 1.54) is 5.69 Å². The lowest BCUT2D eigenvalue weighted by atomic mass is 9.97. The van der Waals surface area contributed by atoms with E-state index in [2.05, 4.69) is 10.00 Å². The molecule has 0 spiro atoms. The maximum atomic E-state index is 10.8. The van der Waals surface area contributed by atoms with Crippen molar-refractivity contribution in [1.82, 2.24) is 14.7 Å². The molecule has 1 aromatic rings. The van der Waals surface area contributed by atoms with Crippen LogP contribution in [-0.2, 0) is 18.3 Å². The van der Waals surface area contributed by atoms with Gasteiger partial charge in [0.1, 0.15) is 0 Å². The summed E-state index contributed by atoms with van der Waals surface area (Å²) in [5, 5.41) is 13.0. The Morgan fingerprint density at radius 1 is 1.53 bits per heavy atom. The zero-order chi connectivity index (χ0) is 12.3. The molecule has 5 nitrogen and oxygen atoms in total. The van der Waals surface area contributed by atoms with Crippen molar-refractivity contribution in [3.63, 3.8) is 0 Å². The summed E-state index contributed by atoms with van der Waals surface area (Å²) in [6.45, 7) is 2.79. The van der Waals surface area contributed by atoms with E-state index in [0.717, 1.165) is 38.9 Å². The number of rotatable bonds is 4. The van der Waals surface area contributed by atoms with Crippen LogP contribution in [0.4, 0.5) is 0 Å². The van der Waals surface area contributed by atoms with Crippen LogP contribution < -0.4 is 0 Å². The zero-order valence-corrected chi connectivity index (χ0v) is 10.2. The van der Waals surface area contributed by atoms with Gasteiger partial charge in [0.25, 0.3) is 0 Å². The summed E-state index contributed by atoms with van der Waals surface area (Å²) in [5.41, 5.74) is 1.23.